The number of rotatable bonds is 8. The smallest absolute Gasteiger partial charge is 0.305 e. The first-order valence-corrected chi connectivity index (χ1v) is 5.78. The lowest BCUT2D eigenvalue weighted by atomic mass is 10.2. The molecule has 0 bridgehead atoms. The average molecular weight is 251 g/mol. The van der Waals surface area contributed by atoms with Crippen molar-refractivity contribution in [3.63, 3.8) is 0 Å². The average Bonchev–Trinajstić information content (AvgIpc) is 2.35. The highest BCUT2D eigenvalue weighted by Crippen LogP contribution is 2.00. The maximum Gasteiger partial charge on any atom is 0.305 e. The summed E-state index contributed by atoms with van der Waals surface area (Å²) >= 11 is 0. The van der Waals surface area contributed by atoms with Gasteiger partial charge >= 0.3 is 5.97 Å². The highest BCUT2D eigenvalue weighted by molar-refractivity contribution is 5.76. The lowest BCUT2D eigenvalue weighted by Gasteiger charge is -2.05. The molecular weight excluding hydrogens is 234 g/mol. The highest BCUT2D eigenvalue weighted by Gasteiger charge is 2.02. The van der Waals surface area contributed by atoms with Crippen LogP contribution < -0.4 is 5.32 Å². The van der Waals surface area contributed by atoms with Gasteiger partial charge in [0.25, 0.3) is 0 Å². The van der Waals surface area contributed by atoms with Crippen LogP contribution in [-0.2, 0) is 20.9 Å². The van der Waals surface area contributed by atoms with Gasteiger partial charge in [0.15, 0.2) is 0 Å². The van der Waals surface area contributed by atoms with Gasteiger partial charge in [0.1, 0.15) is 0 Å². The zero-order valence-electron chi connectivity index (χ0n) is 10.1. The molecule has 1 aromatic rings. The van der Waals surface area contributed by atoms with Gasteiger partial charge in [-0.05, 0) is 5.56 Å². The summed E-state index contributed by atoms with van der Waals surface area (Å²) in [5.41, 5.74) is 1.06. The van der Waals surface area contributed by atoms with Crippen LogP contribution in [-0.4, -0.2) is 30.1 Å². The molecule has 0 aliphatic heterocycles. The van der Waals surface area contributed by atoms with Crippen LogP contribution in [0.25, 0.3) is 0 Å². The summed E-state index contributed by atoms with van der Waals surface area (Å²) < 4.78 is 5.34. The van der Waals surface area contributed by atoms with Gasteiger partial charge in [0, 0.05) is 13.0 Å². The van der Waals surface area contributed by atoms with E-state index in [0.717, 1.165) is 5.56 Å². The first-order valence-electron chi connectivity index (χ1n) is 5.78. The van der Waals surface area contributed by atoms with Gasteiger partial charge in [0.05, 0.1) is 19.6 Å². The molecule has 0 saturated carbocycles. The maximum atomic E-state index is 11.3. The first-order chi connectivity index (χ1) is 8.68. The van der Waals surface area contributed by atoms with Crippen molar-refractivity contribution < 1.29 is 19.4 Å². The Bertz CT molecular complexity index is 378. The summed E-state index contributed by atoms with van der Waals surface area (Å²) in [6, 6.07) is 9.69. The highest BCUT2D eigenvalue weighted by atomic mass is 16.5. The summed E-state index contributed by atoms with van der Waals surface area (Å²) in [6.07, 6.45) is 0.184. The molecule has 0 radical (unpaired) electrons. The Hall–Kier alpha value is -1.88. The van der Waals surface area contributed by atoms with Crippen LogP contribution in [0.4, 0.5) is 0 Å². The molecule has 0 aliphatic rings. The number of benzene rings is 1. The lowest BCUT2D eigenvalue weighted by molar-refractivity contribution is -0.136. The van der Waals surface area contributed by atoms with Crippen LogP contribution in [0.1, 0.15) is 18.4 Å². The Labute approximate surface area is 106 Å². The molecule has 0 aliphatic carbocycles. The molecule has 5 heteroatoms. The molecule has 0 aromatic heterocycles. The fourth-order valence-electron chi connectivity index (χ4n) is 1.33. The lowest BCUT2D eigenvalue weighted by Crippen LogP contribution is -2.26. The normalized spacial score (nSPS) is 10.0. The number of hydrogen-bond donors (Lipinski definition) is 2. The second-order valence-corrected chi connectivity index (χ2v) is 3.78. The number of nitrogens with one attached hydrogen (secondary N) is 1. The third-order valence-corrected chi connectivity index (χ3v) is 2.25. The number of ether oxygens (including phenoxy) is 1. The van der Waals surface area contributed by atoms with Crippen LogP contribution in [0.15, 0.2) is 30.3 Å². The van der Waals surface area contributed by atoms with E-state index < -0.39 is 5.97 Å². The van der Waals surface area contributed by atoms with Crippen molar-refractivity contribution in [3.8, 4) is 0 Å². The van der Waals surface area contributed by atoms with Crippen LogP contribution in [0.2, 0.25) is 0 Å². The van der Waals surface area contributed by atoms with Crippen molar-refractivity contribution in [3.05, 3.63) is 35.9 Å². The van der Waals surface area contributed by atoms with Gasteiger partial charge in [0.2, 0.25) is 5.91 Å². The van der Waals surface area contributed by atoms with E-state index in [-0.39, 0.29) is 25.3 Å². The Balaban J connectivity index is 2.04. The number of carboxylic acids is 1. The monoisotopic (exact) mass is 251 g/mol. The van der Waals surface area contributed by atoms with E-state index >= 15 is 0 Å². The van der Waals surface area contributed by atoms with E-state index in [4.69, 9.17) is 9.84 Å². The fourth-order valence-corrected chi connectivity index (χ4v) is 1.33. The van der Waals surface area contributed by atoms with E-state index in [2.05, 4.69) is 5.32 Å². The minimum absolute atomic E-state index is 0.0589. The second-order valence-electron chi connectivity index (χ2n) is 3.78. The Morgan fingerprint density at radius 3 is 2.56 bits per heavy atom. The molecular formula is C13H17NO4. The number of carbonyl (C=O) groups excluding carboxylic acids is 1. The molecule has 1 rings (SSSR count). The molecule has 0 spiro atoms. The van der Waals surface area contributed by atoms with Crippen LogP contribution >= 0.6 is 0 Å². The number of carboxylic acid groups (broad SMARTS) is 1. The molecule has 98 valence electrons. The number of aliphatic carboxylic acids is 1. The molecule has 1 amide bonds. The molecule has 0 heterocycles. The predicted octanol–water partition coefficient (Wildman–Crippen LogP) is 1.18. The third kappa shape index (κ3) is 6.65. The molecule has 0 saturated heterocycles. The van der Waals surface area contributed by atoms with Gasteiger partial charge < -0.3 is 15.2 Å². The Morgan fingerprint density at radius 2 is 1.89 bits per heavy atom. The van der Waals surface area contributed by atoms with Crippen molar-refractivity contribution in [2.24, 2.45) is 0 Å². The van der Waals surface area contributed by atoms with Crippen molar-refractivity contribution in [2.75, 3.05) is 13.2 Å². The Kier molecular flexibility index (Phi) is 6.50. The summed E-state index contributed by atoms with van der Waals surface area (Å²) in [7, 11) is 0. The zero-order valence-corrected chi connectivity index (χ0v) is 10.1. The summed E-state index contributed by atoms with van der Waals surface area (Å²) in [5, 5.41) is 10.9. The minimum atomic E-state index is -0.921. The van der Waals surface area contributed by atoms with Gasteiger partial charge in [-0.25, -0.2) is 0 Å². The maximum absolute atomic E-state index is 11.3. The number of carbonyl (C=O) groups is 2. The van der Waals surface area contributed by atoms with E-state index in [9.17, 15) is 9.59 Å². The molecule has 1 aromatic carbocycles. The van der Waals surface area contributed by atoms with Crippen molar-refractivity contribution in [1.82, 2.24) is 5.32 Å². The number of hydrogen-bond acceptors (Lipinski definition) is 3. The van der Waals surface area contributed by atoms with E-state index in [0.29, 0.717) is 13.2 Å². The topological polar surface area (TPSA) is 75.6 Å². The SMILES string of the molecule is O=C(O)CCNC(=O)CCOCc1ccccc1. The standard InChI is InChI=1S/C13H17NO4/c15-12(14-8-6-13(16)17)7-9-18-10-11-4-2-1-3-5-11/h1-5H,6-10H2,(H,14,15)(H,16,17). The van der Waals surface area contributed by atoms with E-state index in [1.54, 1.807) is 0 Å². The molecule has 2 N–H and O–H groups in total. The minimum Gasteiger partial charge on any atom is -0.481 e. The quantitative estimate of drug-likeness (QED) is 0.680. The first kappa shape index (κ1) is 14.2. The van der Waals surface area contributed by atoms with Gasteiger partial charge in [-0.1, -0.05) is 30.3 Å². The second kappa shape index (κ2) is 8.25. The van der Waals surface area contributed by atoms with Gasteiger partial charge in [-0.15, -0.1) is 0 Å². The van der Waals surface area contributed by atoms with Crippen LogP contribution in [0.5, 0.6) is 0 Å². The molecule has 0 unspecified atom stereocenters. The molecule has 18 heavy (non-hydrogen) atoms. The van der Waals surface area contributed by atoms with E-state index in [1.807, 2.05) is 30.3 Å². The molecule has 0 fully saturated rings. The van der Waals surface area contributed by atoms with Crippen molar-refractivity contribution >= 4 is 11.9 Å². The fraction of sp³-hybridized carbons (Fsp3) is 0.385. The van der Waals surface area contributed by atoms with E-state index in [1.165, 1.54) is 0 Å². The summed E-state index contributed by atoms with van der Waals surface area (Å²) in [5.74, 6) is -1.11. The summed E-state index contributed by atoms with van der Waals surface area (Å²) in [6.45, 7) is 0.962. The third-order valence-electron chi connectivity index (χ3n) is 2.25. The largest absolute Gasteiger partial charge is 0.481 e. The number of amides is 1. The van der Waals surface area contributed by atoms with Crippen molar-refractivity contribution in [2.45, 2.75) is 19.4 Å². The molecule has 5 nitrogen and oxygen atoms in total. The summed E-state index contributed by atoms with van der Waals surface area (Å²) in [4.78, 5) is 21.5. The van der Waals surface area contributed by atoms with Gasteiger partial charge in [-0.2, -0.15) is 0 Å². The predicted molar refractivity (Wildman–Crippen MR) is 66.0 cm³/mol. The zero-order chi connectivity index (χ0) is 13.2. The molecule has 0 atom stereocenters. The van der Waals surface area contributed by atoms with Crippen LogP contribution in [0.3, 0.4) is 0 Å². The van der Waals surface area contributed by atoms with Gasteiger partial charge in [-0.3, -0.25) is 9.59 Å². The Morgan fingerprint density at radius 1 is 1.17 bits per heavy atom. The van der Waals surface area contributed by atoms with Crippen LogP contribution in [0, 0.1) is 0 Å². The van der Waals surface area contributed by atoms with Crippen molar-refractivity contribution in [1.29, 1.82) is 0 Å².